The molecule has 1 N–H and O–H groups in total. The second-order valence-corrected chi connectivity index (χ2v) is 5.01. The molecule has 5 heteroatoms. The van der Waals surface area contributed by atoms with Crippen LogP contribution < -0.4 is 10.1 Å². The van der Waals surface area contributed by atoms with Crippen molar-refractivity contribution in [2.75, 3.05) is 38.2 Å². The molecule has 0 saturated carbocycles. The van der Waals surface area contributed by atoms with E-state index in [1.54, 1.807) is 0 Å². The van der Waals surface area contributed by atoms with Crippen LogP contribution >= 0.6 is 0 Å². The van der Waals surface area contributed by atoms with Gasteiger partial charge in [-0.05, 0) is 26.0 Å². The van der Waals surface area contributed by atoms with E-state index in [0.29, 0.717) is 26.3 Å². The van der Waals surface area contributed by atoms with Gasteiger partial charge in [-0.15, -0.1) is 0 Å². The van der Waals surface area contributed by atoms with E-state index in [4.69, 9.17) is 9.47 Å². The number of para-hydroxylation sites is 2. The van der Waals surface area contributed by atoms with Gasteiger partial charge in [0.05, 0.1) is 31.5 Å². The number of hydrogen-bond acceptors (Lipinski definition) is 4. The van der Waals surface area contributed by atoms with Crippen LogP contribution in [0.1, 0.15) is 13.8 Å². The number of carbonyl (C=O) groups excluding carboxylic acids is 1. The minimum atomic E-state index is 0.0904. The molecule has 1 aliphatic rings. The molecule has 20 heavy (non-hydrogen) atoms. The second-order valence-electron chi connectivity index (χ2n) is 5.01. The normalized spacial score (nSPS) is 15.2. The predicted molar refractivity (Wildman–Crippen MR) is 78.1 cm³/mol. The molecule has 1 aromatic carbocycles. The largest absolute Gasteiger partial charge is 0.489 e. The van der Waals surface area contributed by atoms with Gasteiger partial charge in [-0.3, -0.25) is 4.79 Å². The van der Waals surface area contributed by atoms with Crippen LogP contribution in [0.25, 0.3) is 0 Å². The fourth-order valence-corrected chi connectivity index (χ4v) is 2.06. The van der Waals surface area contributed by atoms with E-state index < -0.39 is 0 Å². The van der Waals surface area contributed by atoms with Crippen molar-refractivity contribution in [2.24, 2.45) is 0 Å². The molecule has 0 unspecified atom stereocenters. The van der Waals surface area contributed by atoms with Crippen LogP contribution in [0.4, 0.5) is 5.69 Å². The molecule has 1 heterocycles. The highest BCUT2D eigenvalue weighted by atomic mass is 16.5. The van der Waals surface area contributed by atoms with Crippen molar-refractivity contribution in [1.29, 1.82) is 0 Å². The molecular formula is C15H22N2O3. The van der Waals surface area contributed by atoms with Crippen LogP contribution in [0.2, 0.25) is 0 Å². The van der Waals surface area contributed by atoms with E-state index in [0.717, 1.165) is 11.4 Å². The molecule has 2 rings (SSSR count). The van der Waals surface area contributed by atoms with E-state index in [9.17, 15) is 4.79 Å². The monoisotopic (exact) mass is 278 g/mol. The van der Waals surface area contributed by atoms with Crippen LogP contribution in [0.3, 0.4) is 0 Å². The number of hydrogen-bond donors (Lipinski definition) is 1. The Balaban J connectivity index is 1.91. The molecule has 1 amide bonds. The fourth-order valence-electron chi connectivity index (χ4n) is 2.06. The summed E-state index contributed by atoms with van der Waals surface area (Å²) in [7, 11) is 0. The first kappa shape index (κ1) is 14.7. The summed E-state index contributed by atoms with van der Waals surface area (Å²) in [6.07, 6.45) is 0.105. The standard InChI is InChI=1S/C15H22N2O3/c1-12(2)20-14-6-4-3-5-13(14)16-11-15(18)17-7-9-19-10-8-17/h3-6,12,16H,7-11H2,1-2H3. The molecule has 110 valence electrons. The maximum atomic E-state index is 12.1. The first-order valence-electron chi connectivity index (χ1n) is 7.02. The highest BCUT2D eigenvalue weighted by molar-refractivity contribution is 5.81. The average molecular weight is 278 g/mol. The maximum absolute atomic E-state index is 12.1. The number of morpholine rings is 1. The van der Waals surface area contributed by atoms with Crippen molar-refractivity contribution in [1.82, 2.24) is 4.90 Å². The summed E-state index contributed by atoms with van der Waals surface area (Å²) < 4.78 is 11.0. The SMILES string of the molecule is CC(C)Oc1ccccc1NCC(=O)N1CCOCC1. The summed E-state index contributed by atoms with van der Waals surface area (Å²) in [5, 5.41) is 3.16. The molecule has 0 aliphatic carbocycles. The molecule has 1 saturated heterocycles. The Morgan fingerprint density at radius 2 is 2.05 bits per heavy atom. The minimum absolute atomic E-state index is 0.0904. The highest BCUT2D eigenvalue weighted by Crippen LogP contribution is 2.24. The van der Waals surface area contributed by atoms with Crippen LogP contribution in [0.5, 0.6) is 5.75 Å². The summed E-state index contributed by atoms with van der Waals surface area (Å²) in [5.41, 5.74) is 0.850. The van der Waals surface area contributed by atoms with Gasteiger partial charge in [-0.1, -0.05) is 12.1 Å². The van der Waals surface area contributed by atoms with E-state index in [2.05, 4.69) is 5.32 Å². The number of amides is 1. The Kier molecular flexibility index (Phi) is 5.24. The molecule has 1 fully saturated rings. The summed E-state index contributed by atoms with van der Waals surface area (Å²) in [6.45, 7) is 6.83. The quantitative estimate of drug-likeness (QED) is 0.891. The first-order chi connectivity index (χ1) is 9.66. The van der Waals surface area contributed by atoms with Gasteiger partial charge in [0.15, 0.2) is 0 Å². The third kappa shape index (κ3) is 4.13. The lowest BCUT2D eigenvalue weighted by Crippen LogP contribution is -2.43. The number of carbonyl (C=O) groups is 1. The fraction of sp³-hybridized carbons (Fsp3) is 0.533. The zero-order chi connectivity index (χ0) is 14.4. The molecule has 0 aromatic heterocycles. The van der Waals surface area contributed by atoms with Gasteiger partial charge < -0.3 is 19.7 Å². The smallest absolute Gasteiger partial charge is 0.242 e. The summed E-state index contributed by atoms with van der Waals surface area (Å²) in [6, 6.07) is 7.67. The Labute approximate surface area is 119 Å². The third-order valence-electron chi connectivity index (χ3n) is 3.04. The third-order valence-corrected chi connectivity index (χ3v) is 3.04. The molecule has 5 nitrogen and oxygen atoms in total. The Hall–Kier alpha value is -1.75. The molecule has 0 bridgehead atoms. The highest BCUT2D eigenvalue weighted by Gasteiger charge is 2.16. The van der Waals surface area contributed by atoms with Crippen molar-refractivity contribution in [3.8, 4) is 5.75 Å². The number of nitrogens with one attached hydrogen (secondary N) is 1. The van der Waals surface area contributed by atoms with E-state index in [-0.39, 0.29) is 18.6 Å². The van der Waals surface area contributed by atoms with Crippen molar-refractivity contribution < 1.29 is 14.3 Å². The van der Waals surface area contributed by atoms with Gasteiger partial charge in [0.1, 0.15) is 5.75 Å². The van der Waals surface area contributed by atoms with Crippen LogP contribution in [-0.2, 0) is 9.53 Å². The van der Waals surface area contributed by atoms with Crippen molar-refractivity contribution in [2.45, 2.75) is 20.0 Å². The number of anilines is 1. The molecule has 1 aliphatic heterocycles. The summed E-state index contributed by atoms with van der Waals surface area (Å²) in [4.78, 5) is 13.9. The minimum Gasteiger partial charge on any atom is -0.489 e. The van der Waals surface area contributed by atoms with Gasteiger partial charge >= 0.3 is 0 Å². The van der Waals surface area contributed by atoms with Crippen molar-refractivity contribution in [3.63, 3.8) is 0 Å². The Bertz CT molecular complexity index is 442. The van der Waals surface area contributed by atoms with Crippen LogP contribution in [0, 0.1) is 0 Å². The number of benzene rings is 1. The lowest BCUT2D eigenvalue weighted by Gasteiger charge is -2.27. The Morgan fingerprint density at radius 1 is 1.35 bits per heavy atom. The molecule has 1 aromatic rings. The van der Waals surface area contributed by atoms with Gasteiger partial charge in [0.2, 0.25) is 5.91 Å². The lowest BCUT2D eigenvalue weighted by atomic mass is 10.3. The predicted octanol–water partition coefficient (Wildman–Crippen LogP) is 1.74. The number of nitrogens with zero attached hydrogens (tertiary/aromatic N) is 1. The Morgan fingerprint density at radius 3 is 2.75 bits per heavy atom. The molecule has 0 spiro atoms. The first-order valence-corrected chi connectivity index (χ1v) is 7.02. The summed E-state index contributed by atoms with van der Waals surface area (Å²) in [5.74, 6) is 0.866. The summed E-state index contributed by atoms with van der Waals surface area (Å²) >= 11 is 0. The maximum Gasteiger partial charge on any atom is 0.242 e. The molecule has 0 radical (unpaired) electrons. The van der Waals surface area contributed by atoms with E-state index in [1.165, 1.54) is 0 Å². The number of ether oxygens (including phenoxy) is 2. The lowest BCUT2D eigenvalue weighted by molar-refractivity contribution is -0.133. The van der Waals surface area contributed by atoms with Crippen LogP contribution in [-0.4, -0.2) is 49.8 Å². The van der Waals surface area contributed by atoms with Gasteiger partial charge in [0.25, 0.3) is 0 Å². The second kappa shape index (κ2) is 7.14. The topological polar surface area (TPSA) is 50.8 Å². The van der Waals surface area contributed by atoms with Gasteiger partial charge in [0, 0.05) is 13.1 Å². The zero-order valence-corrected chi connectivity index (χ0v) is 12.1. The van der Waals surface area contributed by atoms with E-state index in [1.807, 2.05) is 43.0 Å². The van der Waals surface area contributed by atoms with Gasteiger partial charge in [-0.2, -0.15) is 0 Å². The molecule has 0 atom stereocenters. The van der Waals surface area contributed by atoms with Crippen LogP contribution in [0.15, 0.2) is 24.3 Å². The number of rotatable bonds is 5. The average Bonchev–Trinajstić information content (AvgIpc) is 2.46. The molecular weight excluding hydrogens is 256 g/mol. The van der Waals surface area contributed by atoms with E-state index >= 15 is 0 Å². The van der Waals surface area contributed by atoms with Gasteiger partial charge in [-0.25, -0.2) is 0 Å². The van der Waals surface area contributed by atoms with Crippen molar-refractivity contribution >= 4 is 11.6 Å². The zero-order valence-electron chi connectivity index (χ0n) is 12.1. The van der Waals surface area contributed by atoms with Crippen molar-refractivity contribution in [3.05, 3.63) is 24.3 Å².